The molecule has 0 aromatic heterocycles. The fraction of sp³-hybridized carbons (Fsp3) is 0.238. The van der Waals surface area contributed by atoms with Gasteiger partial charge >= 0.3 is 5.97 Å². The number of hydrogen-bond donors (Lipinski definition) is 0. The van der Waals surface area contributed by atoms with Gasteiger partial charge in [-0.25, -0.2) is 9.18 Å². The van der Waals surface area contributed by atoms with Crippen LogP contribution in [-0.2, 0) is 20.9 Å². The molecule has 1 amide bonds. The first kappa shape index (κ1) is 21.4. The van der Waals surface area contributed by atoms with Gasteiger partial charge in [-0.05, 0) is 41.5 Å². The SMILES string of the molecule is CN(Cc1ccc(N(C)C)cc1)C(=O)COC(=O)/C=C/c1ccc(F)c(Cl)c1. The monoisotopic (exact) mass is 404 g/mol. The third-order valence-corrected chi connectivity index (χ3v) is 4.28. The number of hydrogen-bond acceptors (Lipinski definition) is 4. The number of benzene rings is 2. The molecule has 0 saturated carbocycles. The predicted octanol–water partition coefficient (Wildman–Crippen LogP) is 3.76. The third-order valence-electron chi connectivity index (χ3n) is 3.99. The van der Waals surface area contributed by atoms with E-state index in [9.17, 15) is 14.0 Å². The number of carbonyl (C=O) groups is 2. The Morgan fingerprint density at radius 3 is 2.39 bits per heavy atom. The summed E-state index contributed by atoms with van der Waals surface area (Å²) in [5.41, 5.74) is 2.59. The zero-order chi connectivity index (χ0) is 20.7. The van der Waals surface area contributed by atoms with Gasteiger partial charge in [-0.15, -0.1) is 0 Å². The van der Waals surface area contributed by atoms with E-state index in [2.05, 4.69) is 0 Å². The average molecular weight is 405 g/mol. The molecule has 5 nitrogen and oxygen atoms in total. The van der Waals surface area contributed by atoms with Crippen molar-refractivity contribution in [2.75, 3.05) is 32.6 Å². The van der Waals surface area contributed by atoms with E-state index in [0.717, 1.165) is 17.3 Å². The van der Waals surface area contributed by atoms with Crippen molar-refractivity contribution in [2.24, 2.45) is 0 Å². The molecule has 0 aliphatic heterocycles. The van der Waals surface area contributed by atoms with Gasteiger partial charge in [0.15, 0.2) is 6.61 Å². The fourth-order valence-electron chi connectivity index (χ4n) is 2.33. The van der Waals surface area contributed by atoms with E-state index in [4.69, 9.17) is 16.3 Å². The maximum absolute atomic E-state index is 13.1. The van der Waals surface area contributed by atoms with Crippen molar-refractivity contribution in [3.8, 4) is 0 Å². The molecule has 0 fully saturated rings. The van der Waals surface area contributed by atoms with Crippen molar-refractivity contribution in [3.05, 3.63) is 70.5 Å². The van der Waals surface area contributed by atoms with E-state index in [1.165, 1.54) is 29.2 Å². The number of anilines is 1. The lowest BCUT2D eigenvalue weighted by Gasteiger charge is -2.18. The molecule has 2 rings (SSSR count). The standard InChI is InChI=1S/C21H22ClFN2O3/c1-24(2)17-8-4-16(5-9-17)13-25(3)20(26)14-28-21(27)11-7-15-6-10-19(23)18(22)12-15/h4-12H,13-14H2,1-3H3/b11-7+. The Kier molecular flexibility index (Phi) is 7.58. The summed E-state index contributed by atoms with van der Waals surface area (Å²) in [5.74, 6) is -1.52. The highest BCUT2D eigenvalue weighted by Crippen LogP contribution is 2.17. The molecule has 148 valence electrons. The van der Waals surface area contributed by atoms with Crippen LogP contribution in [0, 0.1) is 5.82 Å². The van der Waals surface area contributed by atoms with E-state index in [1.807, 2.05) is 43.3 Å². The molecule has 0 spiro atoms. The average Bonchev–Trinajstić information content (AvgIpc) is 2.67. The summed E-state index contributed by atoms with van der Waals surface area (Å²) in [7, 11) is 5.56. The second kappa shape index (κ2) is 9.90. The van der Waals surface area contributed by atoms with E-state index < -0.39 is 11.8 Å². The van der Waals surface area contributed by atoms with Crippen molar-refractivity contribution >= 4 is 35.2 Å². The summed E-state index contributed by atoms with van der Waals surface area (Å²) >= 11 is 5.68. The van der Waals surface area contributed by atoms with Gasteiger partial charge in [-0.1, -0.05) is 29.8 Å². The van der Waals surface area contributed by atoms with Gasteiger partial charge in [0.05, 0.1) is 5.02 Å². The van der Waals surface area contributed by atoms with Crippen LogP contribution >= 0.6 is 11.6 Å². The Morgan fingerprint density at radius 2 is 1.79 bits per heavy atom. The molecule has 0 unspecified atom stereocenters. The predicted molar refractivity (Wildman–Crippen MR) is 109 cm³/mol. The maximum Gasteiger partial charge on any atom is 0.331 e. The maximum atomic E-state index is 13.1. The molecule has 2 aromatic rings. The van der Waals surface area contributed by atoms with E-state index in [-0.39, 0.29) is 17.5 Å². The van der Waals surface area contributed by atoms with E-state index in [0.29, 0.717) is 12.1 Å². The number of amides is 1. The van der Waals surface area contributed by atoms with Crippen LogP contribution in [0.25, 0.3) is 6.08 Å². The van der Waals surface area contributed by atoms with Crippen LogP contribution in [-0.4, -0.2) is 44.5 Å². The summed E-state index contributed by atoms with van der Waals surface area (Å²) in [6, 6.07) is 11.9. The summed E-state index contributed by atoms with van der Waals surface area (Å²) in [4.78, 5) is 27.4. The van der Waals surface area contributed by atoms with Crippen LogP contribution < -0.4 is 4.90 Å². The quantitative estimate of drug-likeness (QED) is 0.521. The van der Waals surface area contributed by atoms with Gasteiger partial charge in [0.2, 0.25) is 0 Å². The number of ether oxygens (including phenoxy) is 1. The minimum atomic E-state index is -0.669. The molecule has 0 bridgehead atoms. The number of nitrogens with zero attached hydrogens (tertiary/aromatic N) is 2. The number of rotatable bonds is 7. The van der Waals surface area contributed by atoms with Crippen molar-refractivity contribution < 1.29 is 18.7 Å². The van der Waals surface area contributed by atoms with Gasteiger partial charge < -0.3 is 14.5 Å². The molecule has 0 aliphatic carbocycles. The molecular weight excluding hydrogens is 383 g/mol. The lowest BCUT2D eigenvalue weighted by atomic mass is 10.2. The first-order valence-electron chi connectivity index (χ1n) is 8.56. The van der Waals surface area contributed by atoms with Crippen molar-refractivity contribution in [1.82, 2.24) is 4.90 Å². The lowest BCUT2D eigenvalue weighted by molar-refractivity contribution is -0.147. The molecule has 7 heteroatoms. The fourth-order valence-corrected chi connectivity index (χ4v) is 2.52. The molecular formula is C21H22ClFN2O3. The third kappa shape index (κ3) is 6.39. The van der Waals surface area contributed by atoms with Crippen LogP contribution in [0.1, 0.15) is 11.1 Å². The van der Waals surface area contributed by atoms with Crippen molar-refractivity contribution in [1.29, 1.82) is 0 Å². The molecule has 0 saturated heterocycles. The summed E-state index contributed by atoms with van der Waals surface area (Å²) < 4.78 is 18.1. The Hall–Kier alpha value is -2.86. The normalized spacial score (nSPS) is 10.8. The molecule has 0 aliphatic rings. The Bertz CT molecular complexity index is 866. The van der Waals surface area contributed by atoms with Gasteiger partial charge in [0, 0.05) is 39.5 Å². The Balaban J connectivity index is 1.82. The molecule has 0 N–H and O–H groups in total. The Morgan fingerprint density at radius 1 is 1.11 bits per heavy atom. The second-order valence-corrected chi connectivity index (χ2v) is 6.83. The van der Waals surface area contributed by atoms with Crippen LogP contribution in [0.4, 0.5) is 10.1 Å². The summed E-state index contributed by atoms with van der Waals surface area (Å²) in [6.07, 6.45) is 2.60. The smallest absolute Gasteiger partial charge is 0.331 e. The number of likely N-dealkylation sites (N-methyl/N-ethyl adjacent to an activating group) is 1. The number of halogens is 2. The highest BCUT2D eigenvalue weighted by molar-refractivity contribution is 6.30. The first-order chi connectivity index (χ1) is 13.3. The largest absolute Gasteiger partial charge is 0.452 e. The second-order valence-electron chi connectivity index (χ2n) is 6.43. The molecule has 0 radical (unpaired) electrons. The zero-order valence-electron chi connectivity index (χ0n) is 16.0. The topological polar surface area (TPSA) is 49.9 Å². The van der Waals surface area contributed by atoms with Crippen molar-refractivity contribution in [2.45, 2.75) is 6.54 Å². The van der Waals surface area contributed by atoms with Crippen LogP contribution in [0.5, 0.6) is 0 Å². The van der Waals surface area contributed by atoms with Crippen LogP contribution in [0.3, 0.4) is 0 Å². The van der Waals surface area contributed by atoms with Gasteiger partial charge in [-0.3, -0.25) is 4.79 Å². The minimum absolute atomic E-state index is 0.0362. The number of esters is 1. The molecule has 0 atom stereocenters. The molecule has 2 aromatic carbocycles. The summed E-state index contributed by atoms with van der Waals surface area (Å²) in [5, 5.41) is -0.0362. The highest BCUT2D eigenvalue weighted by Gasteiger charge is 2.11. The number of carbonyl (C=O) groups excluding carboxylic acids is 2. The zero-order valence-corrected chi connectivity index (χ0v) is 16.7. The van der Waals surface area contributed by atoms with E-state index >= 15 is 0 Å². The lowest BCUT2D eigenvalue weighted by Crippen LogP contribution is -2.30. The highest BCUT2D eigenvalue weighted by atomic mass is 35.5. The molecule has 0 heterocycles. The van der Waals surface area contributed by atoms with Gasteiger partial charge in [0.25, 0.3) is 5.91 Å². The summed E-state index contributed by atoms with van der Waals surface area (Å²) in [6.45, 7) is 0.0492. The minimum Gasteiger partial charge on any atom is -0.452 e. The van der Waals surface area contributed by atoms with Crippen LogP contribution in [0.2, 0.25) is 5.02 Å². The van der Waals surface area contributed by atoms with Crippen molar-refractivity contribution in [3.63, 3.8) is 0 Å². The first-order valence-corrected chi connectivity index (χ1v) is 8.94. The van der Waals surface area contributed by atoms with Crippen LogP contribution in [0.15, 0.2) is 48.5 Å². The van der Waals surface area contributed by atoms with Gasteiger partial charge in [0.1, 0.15) is 5.82 Å². The molecule has 28 heavy (non-hydrogen) atoms. The Labute approximate surface area is 169 Å². The van der Waals surface area contributed by atoms with E-state index in [1.54, 1.807) is 7.05 Å². The van der Waals surface area contributed by atoms with Gasteiger partial charge in [-0.2, -0.15) is 0 Å².